The van der Waals surface area contributed by atoms with Crippen molar-refractivity contribution in [2.75, 3.05) is 13.7 Å². The highest BCUT2D eigenvalue weighted by molar-refractivity contribution is 5.90. The van der Waals surface area contributed by atoms with Gasteiger partial charge in [-0.3, -0.25) is 4.79 Å². The normalized spacial score (nSPS) is 17.3. The van der Waals surface area contributed by atoms with Crippen LogP contribution in [0.4, 0.5) is 0 Å². The molecule has 2 aromatic rings. The zero-order valence-electron chi connectivity index (χ0n) is 16.2. The fourth-order valence-electron chi connectivity index (χ4n) is 3.30. The third-order valence-corrected chi connectivity index (χ3v) is 4.80. The lowest BCUT2D eigenvalue weighted by molar-refractivity contribution is -0.153. The largest absolute Gasteiger partial charge is 0.467 e. The van der Waals surface area contributed by atoms with Crippen LogP contribution in [0.5, 0.6) is 0 Å². The van der Waals surface area contributed by atoms with Crippen molar-refractivity contribution in [1.29, 1.82) is 0 Å². The summed E-state index contributed by atoms with van der Waals surface area (Å²) in [5, 5.41) is 4.15. The lowest BCUT2D eigenvalue weighted by Crippen LogP contribution is -2.50. The first-order valence-electron chi connectivity index (χ1n) is 9.54. The Labute approximate surface area is 169 Å². The van der Waals surface area contributed by atoms with Gasteiger partial charge < -0.3 is 14.9 Å². The summed E-state index contributed by atoms with van der Waals surface area (Å²) in [6, 6.07) is 16.5. The molecule has 0 aromatic heterocycles. The number of hydrogen-bond donors (Lipinski definition) is 1. The number of hydrogen-bond acceptors (Lipinski definition) is 6. The van der Waals surface area contributed by atoms with E-state index in [0.29, 0.717) is 31.4 Å². The summed E-state index contributed by atoms with van der Waals surface area (Å²) in [4.78, 5) is 42.8. The van der Waals surface area contributed by atoms with E-state index in [9.17, 15) is 14.4 Å². The number of benzene rings is 2. The molecule has 29 heavy (non-hydrogen) atoms. The monoisotopic (exact) mass is 396 g/mol. The summed E-state index contributed by atoms with van der Waals surface area (Å²) in [6.07, 6.45) is 1.56. The van der Waals surface area contributed by atoms with Crippen molar-refractivity contribution in [2.45, 2.75) is 31.3 Å². The maximum Gasteiger partial charge on any atom is 0.357 e. The van der Waals surface area contributed by atoms with E-state index >= 15 is 0 Å². The maximum atomic E-state index is 12.8. The highest BCUT2D eigenvalue weighted by Crippen LogP contribution is 2.19. The van der Waals surface area contributed by atoms with Gasteiger partial charge in [-0.05, 0) is 30.5 Å². The van der Waals surface area contributed by atoms with Gasteiger partial charge in [-0.15, -0.1) is 5.06 Å². The van der Waals surface area contributed by atoms with Gasteiger partial charge in [-0.2, -0.15) is 0 Å². The van der Waals surface area contributed by atoms with E-state index in [1.807, 2.05) is 36.4 Å². The number of nitrogens with zero attached hydrogens (tertiary/aromatic N) is 1. The van der Waals surface area contributed by atoms with Crippen LogP contribution in [0.15, 0.2) is 60.7 Å². The molecule has 1 amide bonds. The molecular weight excluding hydrogens is 372 g/mol. The summed E-state index contributed by atoms with van der Waals surface area (Å²) in [5.41, 5.74) is 1.32. The van der Waals surface area contributed by atoms with Gasteiger partial charge in [0.05, 0.1) is 12.7 Å². The minimum Gasteiger partial charge on any atom is -0.467 e. The highest BCUT2D eigenvalue weighted by atomic mass is 16.7. The number of ether oxygens (including phenoxy) is 1. The number of hydroxylamine groups is 2. The zero-order valence-corrected chi connectivity index (χ0v) is 16.2. The number of carbonyl (C=O) groups is 3. The van der Waals surface area contributed by atoms with Crippen molar-refractivity contribution in [3.63, 3.8) is 0 Å². The van der Waals surface area contributed by atoms with Crippen LogP contribution >= 0.6 is 0 Å². The van der Waals surface area contributed by atoms with E-state index in [-0.39, 0.29) is 5.91 Å². The van der Waals surface area contributed by atoms with E-state index in [4.69, 9.17) is 9.57 Å². The average Bonchev–Trinajstić information content (AvgIpc) is 3.22. The van der Waals surface area contributed by atoms with Crippen LogP contribution in [0, 0.1) is 0 Å². The molecule has 2 atom stereocenters. The molecule has 0 aliphatic carbocycles. The molecule has 1 aliphatic rings. The molecule has 3 rings (SSSR count). The van der Waals surface area contributed by atoms with Crippen LogP contribution in [0.25, 0.3) is 0 Å². The van der Waals surface area contributed by atoms with Crippen LogP contribution in [-0.4, -0.2) is 48.6 Å². The molecule has 1 aliphatic heterocycles. The van der Waals surface area contributed by atoms with Crippen LogP contribution in [0.1, 0.15) is 28.8 Å². The van der Waals surface area contributed by atoms with Crippen molar-refractivity contribution in [3.8, 4) is 0 Å². The van der Waals surface area contributed by atoms with E-state index in [1.165, 1.54) is 12.2 Å². The third-order valence-electron chi connectivity index (χ3n) is 4.80. The summed E-state index contributed by atoms with van der Waals surface area (Å²) in [7, 11) is 1.29. The second-order valence-corrected chi connectivity index (χ2v) is 6.82. The Balaban J connectivity index is 1.65. The van der Waals surface area contributed by atoms with Crippen LogP contribution in [0.2, 0.25) is 0 Å². The number of esters is 1. The second-order valence-electron chi connectivity index (χ2n) is 6.82. The standard InChI is InChI=1S/C22H24N2O5/c1-28-22(27)18(15-16-9-4-2-5-10-16)23-20(25)19-13-8-14-24(19)29-21(26)17-11-6-3-7-12-17/h2-7,9-12,18-19H,8,13-15H2,1H3,(H,23,25)/t18-,19-/m0/s1. The highest BCUT2D eigenvalue weighted by Gasteiger charge is 2.36. The topological polar surface area (TPSA) is 84.9 Å². The summed E-state index contributed by atoms with van der Waals surface area (Å²) in [5.74, 6) is -1.40. The Bertz CT molecular complexity index is 841. The molecule has 152 valence electrons. The van der Waals surface area contributed by atoms with Gasteiger partial charge in [0.25, 0.3) is 0 Å². The molecule has 0 unspecified atom stereocenters. The maximum absolute atomic E-state index is 12.8. The first-order valence-corrected chi connectivity index (χ1v) is 9.54. The molecule has 0 radical (unpaired) electrons. The van der Waals surface area contributed by atoms with Gasteiger partial charge in [0.2, 0.25) is 5.91 Å². The van der Waals surface area contributed by atoms with Crippen LogP contribution < -0.4 is 5.32 Å². The number of carbonyl (C=O) groups excluding carboxylic acids is 3. The second kappa shape index (κ2) is 9.84. The van der Waals surface area contributed by atoms with Crippen molar-refractivity contribution >= 4 is 17.8 Å². The molecule has 1 N–H and O–H groups in total. The quantitative estimate of drug-likeness (QED) is 0.722. The first kappa shape index (κ1) is 20.5. The van der Waals surface area contributed by atoms with Gasteiger partial charge in [-0.1, -0.05) is 48.5 Å². The number of amides is 1. The Morgan fingerprint density at radius 3 is 2.38 bits per heavy atom. The Morgan fingerprint density at radius 2 is 1.72 bits per heavy atom. The summed E-state index contributed by atoms with van der Waals surface area (Å²) >= 11 is 0. The van der Waals surface area contributed by atoms with Crippen molar-refractivity contribution in [2.24, 2.45) is 0 Å². The van der Waals surface area contributed by atoms with Gasteiger partial charge in [0.1, 0.15) is 12.1 Å². The Kier molecular flexibility index (Phi) is 6.97. The molecule has 7 heteroatoms. The number of nitrogens with one attached hydrogen (secondary N) is 1. The minimum absolute atomic E-state index is 0.315. The van der Waals surface area contributed by atoms with Crippen LogP contribution in [0.3, 0.4) is 0 Å². The molecule has 1 heterocycles. The summed E-state index contributed by atoms with van der Waals surface area (Å²) in [6.45, 7) is 0.457. The third kappa shape index (κ3) is 5.42. The molecule has 1 fully saturated rings. The van der Waals surface area contributed by atoms with E-state index < -0.39 is 24.0 Å². The van der Waals surface area contributed by atoms with Gasteiger partial charge in [-0.25, -0.2) is 9.59 Å². The lowest BCUT2D eigenvalue weighted by atomic mass is 10.1. The minimum atomic E-state index is -0.817. The summed E-state index contributed by atoms with van der Waals surface area (Å²) < 4.78 is 4.84. The predicted molar refractivity (Wildman–Crippen MR) is 106 cm³/mol. The lowest BCUT2D eigenvalue weighted by Gasteiger charge is -2.24. The molecule has 0 saturated carbocycles. The van der Waals surface area contributed by atoms with E-state index in [2.05, 4.69) is 5.32 Å². The molecular formula is C22H24N2O5. The van der Waals surface area contributed by atoms with Crippen molar-refractivity contribution in [1.82, 2.24) is 10.4 Å². The molecule has 7 nitrogen and oxygen atoms in total. The van der Waals surface area contributed by atoms with Gasteiger partial charge in [0, 0.05) is 13.0 Å². The Hall–Kier alpha value is -3.19. The van der Waals surface area contributed by atoms with Gasteiger partial charge in [0.15, 0.2) is 0 Å². The Morgan fingerprint density at radius 1 is 1.07 bits per heavy atom. The fourth-order valence-corrected chi connectivity index (χ4v) is 3.30. The molecule has 2 aromatic carbocycles. The SMILES string of the molecule is COC(=O)[C@H](Cc1ccccc1)NC(=O)[C@@H]1CCCN1OC(=O)c1ccccc1. The van der Waals surface area contributed by atoms with Crippen LogP contribution in [-0.2, 0) is 25.6 Å². The number of rotatable bonds is 7. The fraction of sp³-hybridized carbons (Fsp3) is 0.318. The molecule has 0 bridgehead atoms. The van der Waals surface area contributed by atoms with Crippen molar-refractivity contribution in [3.05, 3.63) is 71.8 Å². The average molecular weight is 396 g/mol. The van der Waals surface area contributed by atoms with Gasteiger partial charge >= 0.3 is 11.9 Å². The van der Waals surface area contributed by atoms with E-state index in [0.717, 1.165) is 5.56 Å². The first-order chi connectivity index (χ1) is 14.1. The molecule has 0 spiro atoms. The molecule has 1 saturated heterocycles. The van der Waals surface area contributed by atoms with Crippen molar-refractivity contribution < 1.29 is 24.0 Å². The van der Waals surface area contributed by atoms with E-state index in [1.54, 1.807) is 24.3 Å². The number of methoxy groups -OCH3 is 1. The predicted octanol–water partition coefficient (Wildman–Crippen LogP) is 2.12. The smallest absolute Gasteiger partial charge is 0.357 e. The zero-order chi connectivity index (χ0) is 20.6.